The lowest BCUT2D eigenvalue weighted by Gasteiger charge is -2.41. The number of hydrogen-bond acceptors (Lipinski definition) is 2. The van der Waals surface area contributed by atoms with Crippen LogP contribution in [0.15, 0.2) is 0 Å². The van der Waals surface area contributed by atoms with Gasteiger partial charge >= 0.3 is 12.0 Å². The maximum Gasteiger partial charge on any atom is 0.323 e. The van der Waals surface area contributed by atoms with Crippen LogP contribution in [0.5, 0.6) is 0 Å². The number of likely N-dealkylation sites (tertiary alicyclic amines) is 1. The first-order valence-corrected chi connectivity index (χ1v) is 7.83. The smallest absolute Gasteiger partial charge is 0.323 e. The summed E-state index contributed by atoms with van der Waals surface area (Å²) in [6.45, 7) is 4.51. The van der Waals surface area contributed by atoms with E-state index in [4.69, 9.17) is 5.11 Å². The molecule has 3 unspecified atom stereocenters. The molecule has 5 nitrogen and oxygen atoms in total. The fourth-order valence-electron chi connectivity index (χ4n) is 3.63. The maximum atomic E-state index is 12.8. The van der Waals surface area contributed by atoms with Gasteiger partial charge in [-0.1, -0.05) is 13.3 Å². The van der Waals surface area contributed by atoms with Crippen LogP contribution in [-0.4, -0.2) is 52.1 Å². The monoisotopic (exact) mass is 282 g/mol. The summed E-state index contributed by atoms with van der Waals surface area (Å²) in [5.41, 5.74) is 0. The Balaban J connectivity index is 2.11. The van der Waals surface area contributed by atoms with Crippen LogP contribution in [0.4, 0.5) is 4.79 Å². The molecule has 114 valence electrons. The van der Waals surface area contributed by atoms with Crippen molar-refractivity contribution in [1.29, 1.82) is 0 Å². The molecule has 2 aliphatic rings. The third-order valence-electron chi connectivity index (χ3n) is 4.91. The van der Waals surface area contributed by atoms with E-state index in [0.29, 0.717) is 12.0 Å². The first-order valence-electron chi connectivity index (χ1n) is 7.83. The van der Waals surface area contributed by atoms with Crippen molar-refractivity contribution in [1.82, 2.24) is 9.80 Å². The van der Waals surface area contributed by atoms with Gasteiger partial charge in [0.1, 0.15) is 6.54 Å². The second-order valence-electron chi connectivity index (χ2n) is 6.16. The molecule has 2 amide bonds. The number of carboxylic acids is 1. The number of hydrogen-bond donors (Lipinski definition) is 1. The fraction of sp³-hybridized carbons (Fsp3) is 0.867. The van der Waals surface area contributed by atoms with Gasteiger partial charge < -0.3 is 14.9 Å². The third-order valence-corrected chi connectivity index (χ3v) is 4.91. The number of carbonyl (C=O) groups excluding carboxylic acids is 1. The minimum absolute atomic E-state index is 0.0274. The van der Waals surface area contributed by atoms with Gasteiger partial charge in [0.05, 0.1) is 0 Å². The Hall–Kier alpha value is -1.26. The van der Waals surface area contributed by atoms with E-state index in [1.165, 1.54) is 24.2 Å². The number of rotatable bonds is 4. The summed E-state index contributed by atoms with van der Waals surface area (Å²) in [5, 5.41) is 9.05. The van der Waals surface area contributed by atoms with Crippen LogP contribution in [0.1, 0.15) is 52.4 Å². The lowest BCUT2D eigenvalue weighted by molar-refractivity contribution is -0.138. The van der Waals surface area contributed by atoms with Crippen molar-refractivity contribution in [2.75, 3.05) is 13.1 Å². The molecule has 0 aromatic heterocycles. The van der Waals surface area contributed by atoms with E-state index in [0.717, 1.165) is 25.8 Å². The van der Waals surface area contributed by atoms with Gasteiger partial charge in [0.15, 0.2) is 0 Å². The summed E-state index contributed by atoms with van der Waals surface area (Å²) in [7, 11) is 0. The van der Waals surface area contributed by atoms with Crippen molar-refractivity contribution in [3.63, 3.8) is 0 Å². The largest absolute Gasteiger partial charge is 0.480 e. The summed E-state index contributed by atoms with van der Waals surface area (Å²) >= 11 is 0. The van der Waals surface area contributed by atoms with Gasteiger partial charge in [-0.3, -0.25) is 4.79 Å². The Morgan fingerprint density at radius 3 is 2.65 bits per heavy atom. The zero-order valence-electron chi connectivity index (χ0n) is 12.5. The Labute approximate surface area is 120 Å². The zero-order valence-corrected chi connectivity index (χ0v) is 12.5. The van der Waals surface area contributed by atoms with E-state index in [2.05, 4.69) is 0 Å². The van der Waals surface area contributed by atoms with Crippen molar-refractivity contribution in [3.05, 3.63) is 0 Å². The molecular formula is C15H26N2O3. The average molecular weight is 282 g/mol. The van der Waals surface area contributed by atoms with Crippen molar-refractivity contribution in [2.45, 2.75) is 64.5 Å². The molecule has 0 aromatic carbocycles. The predicted molar refractivity (Wildman–Crippen MR) is 76.6 cm³/mol. The number of carbonyl (C=O) groups is 2. The van der Waals surface area contributed by atoms with E-state index in [1.807, 2.05) is 18.7 Å². The van der Waals surface area contributed by atoms with Crippen LogP contribution in [0.3, 0.4) is 0 Å². The van der Waals surface area contributed by atoms with Crippen molar-refractivity contribution < 1.29 is 14.7 Å². The summed E-state index contributed by atoms with van der Waals surface area (Å²) in [4.78, 5) is 27.3. The topological polar surface area (TPSA) is 60.9 Å². The highest BCUT2D eigenvalue weighted by atomic mass is 16.4. The molecule has 2 fully saturated rings. The quantitative estimate of drug-likeness (QED) is 0.862. The number of amides is 2. The number of piperidine rings is 1. The minimum Gasteiger partial charge on any atom is -0.480 e. The van der Waals surface area contributed by atoms with Crippen molar-refractivity contribution in [3.8, 4) is 0 Å². The predicted octanol–water partition coefficient (Wildman–Crippen LogP) is 2.56. The van der Waals surface area contributed by atoms with Gasteiger partial charge in [0.25, 0.3) is 0 Å². The number of carboxylic acid groups (broad SMARTS) is 1. The Morgan fingerprint density at radius 2 is 2.00 bits per heavy atom. The molecule has 1 saturated carbocycles. The van der Waals surface area contributed by atoms with Crippen LogP contribution in [0.25, 0.3) is 0 Å². The molecule has 1 aliphatic heterocycles. The molecule has 3 atom stereocenters. The van der Waals surface area contributed by atoms with Crippen molar-refractivity contribution >= 4 is 12.0 Å². The summed E-state index contributed by atoms with van der Waals surface area (Å²) in [6.07, 6.45) is 6.54. The molecule has 0 aromatic rings. The highest BCUT2D eigenvalue weighted by Gasteiger charge is 2.39. The van der Waals surface area contributed by atoms with Crippen LogP contribution in [0.2, 0.25) is 0 Å². The second-order valence-corrected chi connectivity index (χ2v) is 6.16. The SMILES string of the molecule is CCC(C)N(CC(=O)O)C(=O)N1CCCC2CCCC21. The first kappa shape index (κ1) is 15.1. The number of nitrogens with zero attached hydrogens (tertiary/aromatic N) is 2. The molecular weight excluding hydrogens is 256 g/mol. The van der Waals surface area contributed by atoms with E-state index >= 15 is 0 Å². The van der Waals surface area contributed by atoms with Crippen LogP contribution in [-0.2, 0) is 4.79 Å². The van der Waals surface area contributed by atoms with Gasteiger partial charge in [0.2, 0.25) is 0 Å². The fourth-order valence-corrected chi connectivity index (χ4v) is 3.63. The lowest BCUT2D eigenvalue weighted by Crippen LogP contribution is -2.55. The summed E-state index contributed by atoms with van der Waals surface area (Å²) < 4.78 is 0. The second kappa shape index (κ2) is 6.46. The average Bonchev–Trinajstić information content (AvgIpc) is 2.91. The normalized spacial score (nSPS) is 27.0. The molecule has 0 bridgehead atoms. The lowest BCUT2D eigenvalue weighted by atomic mass is 9.92. The maximum absolute atomic E-state index is 12.8. The van der Waals surface area contributed by atoms with Crippen LogP contribution < -0.4 is 0 Å². The van der Waals surface area contributed by atoms with Gasteiger partial charge in [-0.05, 0) is 44.9 Å². The molecule has 2 rings (SSSR count). The minimum atomic E-state index is -0.932. The van der Waals surface area contributed by atoms with Gasteiger partial charge in [-0.25, -0.2) is 4.79 Å². The zero-order chi connectivity index (χ0) is 14.7. The number of aliphatic carboxylic acids is 1. The van der Waals surface area contributed by atoms with Crippen LogP contribution in [0, 0.1) is 5.92 Å². The number of fused-ring (bicyclic) bond motifs is 1. The standard InChI is InChI=1S/C15H26N2O3/c1-3-11(2)17(10-14(18)19)15(20)16-9-5-7-12-6-4-8-13(12)16/h11-13H,3-10H2,1-2H3,(H,18,19). The van der Waals surface area contributed by atoms with E-state index in [-0.39, 0.29) is 18.6 Å². The van der Waals surface area contributed by atoms with E-state index in [1.54, 1.807) is 0 Å². The molecule has 1 heterocycles. The van der Waals surface area contributed by atoms with Gasteiger partial charge in [0, 0.05) is 18.6 Å². The molecule has 5 heteroatoms. The molecule has 0 radical (unpaired) electrons. The van der Waals surface area contributed by atoms with Crippen molar-refractivity contribution in [2.24, 2.45) is 5.92 Å². The van der Waals surface area contributed by atoms with Gasteiger partial charge in [-0.2, -0.15) is 0 Å². The number of urea groups is 1. The molecule has 20 heavy (non-hydrogen) atoms. The highest BCUT2D eigenvalue weighted by Crippen LogP contribution is 2.37. The molecule has 1 aliphatic carbocycles. The Bertz CT molecular complexity index is 372. The van der Waals surface area contributed by atoms with E-state index < -0.39 is 5.97 Å². The molecule has 1 saturated heterocycles. The summed E-state index contributed by atoms with van der Waals surface area (Å²) in [5.74, 6) is -0.296. The van der Waals surface area contributed by atoms with E-state index in [9.17, 15) is 9.59 Å². The summed E-state index contributed by atoms with van der Waals surface area (Å²) in [6, 6.07) is 0.246. The van der Waals surface area contributed by atoms with Crippen LogP contribution >= 0.6 is 0 Å². The Kier molecular flexibility index (Phi) is 4.89. The van der Waals surface area contributed by atoms with Gasteiger partial charge in [-0.15, -0.1) is 0 Å². The Morgan fingerprint density at radius 1 is 1.30 bits per heavy atom. The highest BCUT2D eigenvalue weighted by molar-refractivity contribution is 5.80. The molecule has 0 spiro atoms. The third kappa shape index (κ3) is 3.07. The molecule has 1 N–H and O–H groups in total. The first-order chi connectivity index (χ1) is 9.54.